The van der Waals surface area contributed by atoms with Gasteiger partial charge in [-0.2, -0.15) is 4.98 Å². The molecule has 0 saturated carbocycles. The number of nitrogens with zero attached hydrogens (tertiary/aromatic N) is 3. The van der Waals surface area contributed by atoms with Gasteiger partial charge in [0.25, 0.3) is 0 Å². The van der Waals surface area contributed by atoms with E-state index in [1.807, 2.05) is 19.2 Å². The van der Waals surface area contributed by atoms with Crippen molar-refractivity contribution in [3.05, 3.63) is 24.3 Å². The van der Waals surface area contributed by atoms with Crippen LogP contribution in [0.25, 0.3) is 10.9 Å². The summed E-state index contributed by atoms with van der Waals surface area (Å²) < 4.78 is 0. The Balaban J connectivity index is 2.04. The number of nitrogens with one attached hydrogen (secondary N) is 1. The fourth-order valence-electron chi connectivity index (χ4n) is 2.77. The van der Waals surface area contributed by atoms with Crippen LogP contribution in [-0.2, 0) is 0 Å². The van der Waals surface area contributed by atoms with Gasteiger partial charge in [-0.15, -0.1) is 0 Å². The van der Waals surface area contributed by atoms with E-state index in [2.05, 4.69) is 34.3 Å². The summed E-state index contributed by atoms with van der Waals surface area (Å²) >= 11 is 0. The summed E-state index contributed by atoms with van der Waals surface area (Å²) in [4.78, 5) is 11.7. The van der Waals surface area contributed by atoms with Crippen LogP contribution in [0.5, 0.6) is 0 Å². The number of aromatic nitrogens is 2. The van der Waals surface area contributed by atoms with Crippen LogP contribution >= 0.6 is 0 Å². The molecule has 1 unspecified atom stereocenters. The largest absolute Gasteiger partial charge is 0.372 e. The molecule has 19 heavy (non-hydrogen) atoms. The average molecular weight is 256 g/mol. The van der Waals surface area contributed by atoms with Crippen LogP contribution in [0.3, 0.4) is 0 Å². The number of anilines is 2. The van der Waals surface area contributed by atoms with Crippen molar-refractivity contribution in [2.75, 3.05) is 30.4 Å². The normalized spacial score (nSPS) is 19.7. The molecule has 100 valence electrons. The molecular weight excluding hydrogens is 236 g/mol. The van der Waals surface area contributed by atoms with Gasteiger partial charge < -0.3 is 10.2 Å². The highest BCUT2D eigenvalue weighted by Crippen LogP contribution is 2.25. The average Bonchev–Trinajstić information content (AvgIpc) is 2.46. The van der Waals surface area contributed by atoms with Crippen molar-refractivity contribution >= 4 is 22.7 Å². The van der Waals surface area contributed by atoms with Crippen LogP contribution in [0.15, 0.2) is 24.3 Å². The molecule has 1 aliphatic rings. The molecule has 0 amide bonds. The van der Waals surface area contributed by atoms with Gasteiger partial charge in [-0.3, -0.25) is 0 Å². The van der Waals surface area contributed by atoms with E-state index >= 15 is 0 Å². The molecule has 4 heteroatoms. The van der Waals surface area contributed by atoms with Gasteiger partial charge in [0, 0.05) is 25.5 Å². The molecule has 0 spiro atoms. The lowest BCUT2D eigenvalue weighted by Crippen LogP contribution is -2.35. The molecule has 2 aromatic rings. The maximum atomic E-state index is 4.72. The van der Waals surface area contributed by atoms with Crippen LogP contribution in [0.1, 0.15) is 19.8 Å². The Morgan fingerprint density at radius 3 is 2.89 bits per heavy atom. The lowest BCUT2D eigenvalue weighted by molar-refractivity contribution is 0.442. The zero-order chi connectivity index (χ0) is 13.2. The van der Waals surface area contributed by atoms with Gasteiger partial charge in [-0.05, 0) is 30.9 Å². The minimum absolute atomic E-state index is 0.724. The lowest BCUT2D eigenvalue weighted by atomic mass is 10.0. The SMILES string of the molecule is CNc1nc(N2CCCC(C)C2)nc2ccccc12. The minimum Gasteiger partial charge on any atom is -0.372 e. The van der Waals surface area contributed by atoms with Crippen molar-refractivity contribution in [1.82, 2.24) is 9.97 Å². The highest BCUT2D eigenvalue weighted by atomic mass is 15.3. The van der Waals surface area contributed by atoms with Gasteiger partial charge in [-0.25, -0.2) is 4.98 Å². The summed E-state index contributed by atoms with van der Waals surface area (Å²) in [5, 5.41) is 4.27. The lowest BCUT2D eigenvalue weighted by Gasteiger charge is -2.31. The number of hydrogen-bond donors (Lipinski definition) is 1. The highest BCUT2D eigenvalue weighted by Gasteiger charge is 2.19. The van der Waals surface area contributed by atoms with Crippen molar-refractivity contribution in [1.29, 1.82) is 0 Å². The first-order valence-electron chi connectivity index (χ1n) is 6.97. The minimum atomic E-state index is 0.724. The molecule has 1 aromatic carbocycles. The van der Waals surface area contributed by atoms with Crippen molar-refractivity contribution in [3.8, 4) is 0 Å². The van der Waals surface area contributed by atoms with Crippen molar-refractivity contribution in [2.45, 2.75) is 19.8 Å². The summed E-state index contributed by atoms with van der Waals surface area (Å²) in [6.45, 7) is 4.42. The molecule has 0 aliphatic carbocycles. The molecule has 1 saturated heterocycles. The van der Waals surface area contributed by atoms with E-state index in [1.165, 1.54) is 12.8 Å². The van der Waals surface area contributed by atoms with E-state index in [4.69, 9.17) is 4.98 Å². The van der Waals surface area contributed by atoms with E-state index in [9.17, 15) is 0 Å². The Morgan fingerprint density at radius 2 is 2.11 bits per heavy atom. The van der Waals surface area contributed by atoms with Gasteiger partial charge in [0.05, 0.1) is 5.52 Å². The van der Waals surface area contributed by atoms with Gasteiger partial charge in [0.15, 0.2) is 0 Å². The Kier molecular flexibility index (Phi) is 3.23. The van der Waals surface area contributed by atoms with E-state index in [1.54, 1.807) is 0 Å². The summed E-state index contributed by atoms with van der Waals surface area (Å²) in [5.41, 5.74) is 1.01. The fourth-order valence-corrected chi connectivity index (χ4v) is 2.77. The van der Waals surface area contributed by atoms with Crippen LogP contribution in [0.2, 0.25) is 0 Å². The maximum absolute atomic E-state index is 4.72. The maximum Gasteiger partial charge on any atom is 0.227 e. The number of piperidine rings is 1. The summed E-state index contributed by atoms with van der Waals surface area (Å²) in [5.74, 6) is 2.50. The van der Waals surface area contributed by atoms with E-state index in [0.29, 0.717) is 0 Å². The third-order valence-electron chi connectivity index (χ3n) is 3.77. The molecule has 0 bridgehead atoms. The zero-order valence-electron chi connectivity index (χ0n) is 11.6. The van der Waals surface area contributed by atoms with Crippen molar-refractivity contribution in [3.63, 3.8) is 0 Å². The fraction of sp³-hybridized carbons (Fsp3) is 0.467. The first-order valence-corrected chi connectivity index (χ1v) is 6.97. The first kappa shape index (κ1) is 12.2. The van der Waals surface area contributed by atoms with Crippen molar-refractivity contribution in [2.24, 2.45) is 5.92 Å². The molecule has 1 aliphatic heterocycles. The second-order valence-electron chi connectivity index (χ2n) is 5.33. The molecule has 1 N–H and O–H groups in total. The third kappa shape index (κ3) is 2.35. The van der Waals surface area contributed by atoms with E-state index < -0.39 is 0 Å². The predicted molar refractivity (Wildman–Crippen MR) is 79.7 cm³/mol. The van der Waals surface area contributed by atoms with Gasteiger partial charge >= 0.3 is 0 Å². The Bertz CT molecular complexity index is 581. The van der Waals surface area contributed by atoms with Crippen LogP contribution in [-0.4, -0.2) is 30.1 Å². The quantitative estimate of drug-likeness (QED) is 0.897. The van der Waals surface area contributed by atoms with Gasteiger partial charge in [-0.1, -0.05) is 19.1 Å². The van der Waals surface area contributed by atoms with Crippen LogP contribution in [0.4, 0.5) is 11.8 Å². The Morgan fingerprint density at radius 1 is 1.26 bits per heavy atom. The van der Waals surface area contributed by atoms with Crippen LogP contribution in [0, 0.1) is 5.92 Å². The number of para-hydroxylation sites is 1. The molecule has 0 radical (unpaired) electrons. The molecule has 1 aromatic heterocycles. The second kappa shape index (κ2) is 5.03. The molecule has 4 nitrogen and oxygen atoms in total. The molecular formula is C15H20N4. The Labute approximate surface area is 113 Å². The van der Waals surface area contributed by atoms with Gasteiger partial charge in [0.1, 0.15) is 5.82 Å². The number of fused-ring (bicyclic) bond motifs is 1. The smallest absolute Gasteiger partial charge is 0.227 e. The van der Waals surface area contributed by atoms with E-state index in [0.717, 1.165) is 41.7 Å². The zero-order valence-corrected chi connectivity index (χ0v) is 11.6. The standard InChI is InChI=1S/C15H20N4/c1-11-6-5-9-19(10-11)15-17-13-8-4-3-7-12(13)14(16-2)18-15/h3-4,7-8,11H,5-6,9-10H2,1-2H3,(H,16,17,18). The molecule has 1 atom stereocenters. The summed E-state index contributed by atoms with van der Waals surface area (Å²) in [6, 6.07) is 8.16. The third-order valence-corrected chi connectivity index (χ3v) is 3.77. The highest BCUT2D eigenvalue weighted by molar-refractivity contribution is 5.89. The predicted octanol–water partition coefficient (Wildman–Crippen LogP) is 2.91. The number of rotatable bonds is 2. The van der Waals surface area contributed by atoms with Crippen molar-refractivity contribution < 1.29 is 0 Å². The van der Waals surface area contributed by atoms with Gasteiger partial charge in [0.2, 0.25) is 5.95 Å². The molecule has 3 rings (SSSR count). The molecule has 2 heterocycles. The summed E-state index contributed by atoms with van der Waals surface area (Å²) in [7, 11) is 1.91. The Hall–Kier alpha value is -1.84. The monoisotopic (exact) mass is 256 g/mol. The second-order valence-corrected chi connectivity index (χ2v) is 5.33. The number of benzene rings is 1. The van der Waals surface area contributed by atoms with E-state index in [-0.39, 0.29) is 0 Å². The summed E-state index contributed by atoms with van der Waals surface area (Å²) in [6.07, 6.45) is 2.54. The topological polar surface area (TPSA) is 41.1 Å². The number of hydrogen-bond acceptors (Lipinski definition) is 4. The molecule has 1 fully saturated rings. The first-order chi connectivity index (χ1) is 9.28. The van der Waals surface area contributed by atoms with Crippen LogP contribution < -0.4 is 10.2 Å².